The van der Waals surface area contributed by atoms with Gasteiger partial charge in [0.2, 0.25) is 0 Å². The van der Waals surface area contributed by atoms with Gasteiger partial charge < -0.3 is 44.5 Å². The van der Waals surface area contributed by atoms with Crippen LogP contribution in [0.1, 0.15) is 99.3 Å². The summed E-state index contributed by atoms with van der Waals surface area (Å²) in [6, 6.07) is 0. The zero-order valence-corrected chi connectivity index (χ0v) is 26.8. The fourth-order valence-electron chi connectivity index (χ4n) is 13.4. The van der Waals surface area contributed by atoms with E-state index in [2.05, 4.69) is 27.7 Å². The van der Waals surface area contributed by atoms with Crippen molar-refractivity contribution in [3.63, 3.8) is 0 Å². The lowest BCUT2D eigenvalue weighted by Crippen LogP contribution is -2.61. The van der Waals surface area contributed by atoms with E-state index < -0.39 is 48.2 Å². The van der Waals surface area contributed by atoms with Crippen LogP contribution in [-0.2, 0) is 18.9 Å². The van der Waals surface area contributed by atoms with E-state index in [0.717, 1.165) is 51.4 Å². The third-order valence-corrected chi connectivity index (χ3v) is 15.6. The minimum atomic E-state index is -1.28. The summed E-state index contributed by atoms with van der Waals surface area (Å²) in [5.74, 6) is -0.137. The second kappa shape index (κ2) is 8.75. The predicted molar refractivity (Wildman–Crippen MR) is 154 cm³/mol. The van der Waals surface area contributed by atoms with Crippen molar-refractivity contribution in [2.45, 2.75) is 160 Å². The molecule has 9 nitrogen and oxygen atoms in total. The van der Waals surface area contributed by atoms with Crippen LogP contribution < -0.4 is 0 Å². The Morgan fingerprint density at radius 2 is 1.44 bits per heavy atom. The number of aliphatic hydroxyl groups excluding tert-OH is 4. The molecule has 8 rings (SSSR count). The molecule has 0 amide bonds. The van der Waals surface area contributed by atoms with E-state index in [9.17, 15) is 25.5 Å². The molecule has 8 aliphatic rings. The van der Waals surface area contributed by atoms with Gasteiger partial charge in [0.25, 0.3) is 0 Å². The van der Waals surface area contributed by atoms with Crippen molar-refractivity contribution >= 4 is 0 Å². The van der Waals surface area contributed by atoms with E-state index in [0.29, 0.717) is 11.8 Å². The number of hydrogen-bond acceptors (Lipinski definition) is 9. The van der Waals surface area contributed by atoms with Gasteiger partial charge >= 0.3 is 0 Å². The molecular formula is C34H54O9. The summed E-state index contributed by atoms with van der Waals surface area (Å²) >= 11 is 0. The van der Waals surface area contributed by atoms with Crippen LogP contribution in [0.4, 0.5) is 0 Å². The molecule has 0 aromatic carbocycles. The third kappa shape index (κ3) is 3.36. The van der Waals surface area contributed by atoms with Crippen molar-refractivity contribution in [2.24, 2.45) is 44.8 Å². The minimum absolute atomic E-state index is 0.0545. The van der Waals surface area contributed by atoms with E-state index in [1.165, 1.54) is 6.42 Å². The first-order valence-electron chi connectivity index (χ1n) is 17.1. The zero-order chi connectivity index (χ0) is 30.8. The van der Waals surface area contributed by atoms with E-state index in [-0.39, 0.29) is 51.8 Å². The predicted octanol–water partition coefficient (Wildman–Crippen LogP) is 2.88. The minimum Gasteiger partial charge on any atom is -0.388 e. The molecule has 5 N–H and O–H groups in total. The molecule has 8 fully saturated rings. The number of aliphatic hydroxyl groups is 5. The molecule has 2 bridgehead atoms. The molecule has 244 valence electrons. The normalized spacial score (nSPS) is 61.6. The Morgan fingerprint density at radius 3 is 2.16 bits per heavy atom. The van der Waals surface area contributed by atoms with Crippen LogP contribution in [0.2, 0.25) is 0 Å². The number of fused-ring (bicyclic) bond motifs is 4. The zero-order valence-electron chi connectivity index (χ0n) is 26.8. The van der Waals surface area contributed by atoms with Crippen LogP contribution in [0.5, 0.6) is 0 Å². The Hall–Kier alpha value is -0.360. The molecule has 5 saturated carbocycles. The number of hydrogen-bond donors (Lipinski definition) is 5. The number of rotatable bonds is 3. The fraction of sp³-hybridized carbons (Fsp3) is 1.00. The van der Waals surface area contributed by atoms with Crippen LogP contribution in [0.15, 0.2) is 0 Å². The molecule has 0 radical (unpaired) electrons. The average Bonchev–Trinajstić information content (AvgIpc) is 3.47. The summed E-state index contributed by atoms with van der Waals surface area (Å²) in [6.07, 6.45) is 3.08. The summed E-state index contributed by atoms with van der Waals surface area (Å²) < 4.78 is 25.6. The molecule has 3 aliphatic heterocycles. The van der Waals surface area contributed by atoms with Gasteiger partial charge in [0.15, 0.2) is 12.1 Å². The van der Waals surface area contributed by atoms with Crippen LogP contribution in [-0.4, -0.2) is 92.5 Å². The summed E-state index contributed by atoms with van der Waals surface area (Å²) in [6.45, 7) is 12.9. The van der Waals surface area contributed by atoms with Gasteiger partial charge in [-0.25, -0.2) is 0 Å². The van der Waals surface area contributed by atoms with Gasteiger partial charge in [0, 0.05) is 11.3 Å². The summed E-state index contributed by atoms with van der Waals surface area (Å²) in [7, 11) is 0. The van der Waals surface area contributed by atoms with Gasteiger partial charge in [-0.1, -0.05) is 27.7 Å². The second-order valence-corrected chi connectivity index (χ2v) is 17.7. The monoisotopic (exact) mass is 606 g/mol. The van der Waals surface area contributed by atoms with Gasteiger partial charge in [-0.15, -0.1) is 0 Å². The quantitative estimate of drug-likeness (QED) is 0.307. The summed E-state index contributed by atoms with van der Waals surface area (Å²) in [5, 5.41) is 54.3. The molecule has 3 spiro atoms. The van der Waals surface area contributed by atoms with Gasteiger partial charge in [-0.05, 0) is 105 Å². The first-order valence-corrected chi connectivity index (χ1v) is 17.1. The molecule has 5 aliphatic carbocycles. The van der Waals surface area contributed by atoms with Crippen molar-refractivity contribution in [3.8, 4) is 0 Å². The summed E-state index contributed by atoms with van der Waals surface area (Å²) in [5.41, 5.74) is -1.31. The van der Waals surface area contributed by atoms with Crippen molar-refractivity contribution in [1.82, 2.24) is 0 Å². The van der Waals surface area contributed by atoms with Gasteiger partial charge in [-0.2, -0.15) is 0 Å². The number of ether oxygens (including phenoxy) is 4. The Bertz CT molecular complexity index is 1170. The Kier molecular flexibility index (Phi) is 6.11. The Morgan fingerprint density at radius 1 is 0.767 bits per heavy atom. The summed E-state index contributed by atoms with van der Waals surface area (Å²) in [4.78, 5) is 0. The largest absolute Gasteiger partial charge is 0.388 e. The highest BCUT2D eigenvalue weighted by Gasteiger charge is 2.87. The maximum absolute atomic E-state index is 12.5. The lowest BCUT2D eigenvalue weighted by Gasteiger charge is -2.63. The molecule has 0 aromatic heterocycles. The Labute approximate surface area is 255 Å². The van der Waals surface area contributed by atoms with Crippen molar-refractivity contribution in [1.29, 1.82) is 0 Å². The molecule has 16 atom stereocenters. The maximum atomic E-state index is 12.5. The standard InChI is InChI=1S/C34H54O9/c1-28(2)19-9-10-21-31(6)27(38)34-20(8-7-18(42-34)25(43-34)29(3,4)39)30(31,5)13-14-33(21)16-32(19,33)12-11-22(28)41-26-24(37)23(36)17(35)15-40-26/h17-27,35-39H,7-16H2,1-6H3/t17-,18?,19?,20?,21?,22+,23+,24-,25+,26+,27?,30-,31?,32-,33+,34-/m1/s1. The molecule has 3 heterocycles. The highest BCUT2D eigenvalue weighted by molar-refractivity contribution is 5.34. The smallest absolute Gasteiger partial charge is 0.199 e. The van der Waals surface area contributed by atoms with Gasteiger partial charge in [0.1, 0.15) is 30.5 Å². The van der Waals surface area contributed by atoms with Crippen molar-refractivity contribution in [3.05, 3.63) is 0 Å². The van der Waals surface area contributed by atoms with Gasteiger partial charge in [0.05, 0.1) is 24.4 Å². The molecular weight excluding hydrogens is 552 g/mol. The molecule has 3 saturated heterocycles. The SMILES string of the molecule is CC(C)(O)[C@H]1O[C@]23OC1CCC2[C@@]1(C)CC[C@@]24C[C@@]25CC[C@H](O[C@@H]2OC[C@@H](O)[C@H](O)[C@H]2O)C(C)(C)C5CCC4C1(C)C3O. The van der Waals surface area contributed by atoms with Gasteiger partial charge in [-0.3, -0.25) is 0 Å². The third-order valence-electron chi connectivity index (χ3n) is 15.6. The Balaban J connectivity index is 1.08. The molecule has 0 aromatic rings. The van der Waals surface area contributed by atoms with E-state index in [1.54, 1.807) is 13.8 Å². The molecule has 43 heavy (non-hydrogen) atoms. The topological polar surface area (TPSA) is 138 Å². The van der Waals surface area contributed by atoms with E-state index in [4.69, 9.17) is 18.9 Å². The molecule has 9 heteroatoms. The fourth-order valence-corrected chi connectivity index (χ4v) is 13.4. The van der Waals surface area contributed by atoms with E-state index in [1.807, 2.05) is 0 Å². The maximum Gasteiger partial charge on any atom is 0.199 e. The van der Waals surface area contributed by atoms with E-state index >= 15 is 0 Å². The van der Waals surface area contributed by atoms with Crippen LogP contribution in [0.25, 0.3) is 0 Å². The molecule has 6 unspecified atom stereocenters. The van der Waals surface area contributed by atoms with Crippen LogP contribution in [0.3, 0.4) is 0 Å². The highest BCUT2D eigenvalue weighted by atomic mass is 16.8. The van der Waals surface area contributed by atoms with Crippen LogP contribution in [0, 0.1) is 44.8 Å². The van der Waals surface area contributed by atoms with Crippen LogP contribution >= 0.6 is 0 Å². The average molecular weight is 607 g/mol. The second-order valence-electron chi connectivity index (χ2n) is 17.7. The lowest BCUT2D eigenvalue weighted by atomic mass is 9.41. The van der Waals surface area contributed by atoms with Crippen molar-refractivity contribution < 1.29 is 44.5 Å². The first-order chi connectivity index (χ1) is 20.0. The highest BCUT2D eigenvalue weighted by Crippen LogP contribution is 2.90. The first kappa shape index (κ1) is 30.0. The lowest BCUT2D eigenvalue weighted by molar-refractivity contribution is -0.303. The van der Waals surface area contributed by atoms with Crippen molar-refractivity contribution in [2.75, 3.05) is 6.61 Å².